The molecule has 4 N–H and O–H groups in total. The van der Waals surface area contributed by atoms with Gasteiger partial charge in [0.05, 0.1) is 13.5 Å². The van der Waals surface area contributed by atoms with Crippen LogP contribution in [0.2, 0.25) is 0 Å². The zero-order valence-corrected chi connectivity index (χ0v) is 14.3. The molecule has 0 spiro atoms. The number of aromatic hydroxyl groups is 4. The first-order valence-corrected chi connectivity index (χ1v) is 7.79. The summed E-state index contributed by atoms with van der Waals surface area (Å²) in [5.74, 6) is -2.83. The number of methoxy groups -OCH3 is 1. The van der Waals surface area contributed by atoms with Crippen molar-refractivity contribution < 1.29 is 39.5 Å². The molecular weight excluding hydrogens is 356 g/mol. The minimum absolute atomic E-state index is 0.291. The van der Waals surface area contributed by atoms with Crippen LogP contribution in [0.4, 0.5) is 0 Å². The van der Waals surface area contributed by atoms with Crippen molar-refractivity contribution in [2.75, 3.05) is 7.11 Å². The van der Waals surface area contributed by atoms with Crippen LogP contribution in [-0.4, -0.2) is 39.5 Å². The lowest BCUT2D eigenvalue weighted by Crippen LogP contribution is -2.15. The number of benzene rings is 2. The molecular formula is C19H18O8. The Morgan fingerprint density at radius 3 is 2.19 bits per heavy atom. The van der Waals surface area contributed by atoms with Crippen molar-refractivity contribution in [2.24, 2.45) is 0 Å². The monoisotopic (exact) mass is 374 g/mol. The summed E-state index contributed by atoms with van der Waals surface area (Å²) in [4.78, 5) is 23.7. The van der Waals surface area contributed by atoms with Gasteiger partial charge in [0, 0.05) is 6.08 Å². The van der Waals surface area contributed by atoms with E-state index in [1.165, 1.54) is 49.6 Å². The Labute approximate surface area is 154 Å². The highest BCUT2D eigenvalue weighted by Crippen LogP contribution is 2.31. The summed E-state index contributed by atoms with van der Waals surface area (Å²) in [5, 5.41) is 37.7. The SMILES string of the molecule is COC(=O)C[C@H](OC(=O)C=Cc1ccc(O)c(O)c1)c1ccc(O)c(O)c1. The maximum absolute atomic E-state index is 12.1. The van der Waals surface area contributed by atoms with Gasteiger partial charge in [-0.2, -0.15) is 0 Å². The molecule has 0 radical (unpaired) electrons. The highest BCUT2D eigenvalue weighted by atomic mass is 16.6. The van der Waals surface area contributed by atoms with Gasteiger partial charge >= 0.3 is 11.9 Å². The first kappa shape index (κ1) is 19.6. The van der Waals surface area contributed by atoms with Gasteiger partial charge in [-0.3, -0.25) is 4.79 Å². The largest absolute Gasteiger partial charge is 0.504 e. The second kappa shape index (κ2) is 8.61. The average Bonchev–Trinajstić information content (AvgIpc) is 2.64. The predicted octanol–water partition coefficient (Wildman–Crippen LogP) is 2.37. The van der Waals surface area contributed by atoms with Crippen LogP contribution in [0, 0.1) is 0 Å². The van der Waals surface area contributed by atoms with Crippen molar-refractivity contribution in [2.45, 2.75) is 12.5 Å². The second-order valence-electron chi connectivity index (χ2n) is 5.54. The first-order chi connectivity index (χ1) is 12.8. The topological polar surface area (TPSA) is 134 Å². The summed E-state index contributed by atoms with van der Waals surface area (Å²) in [6, 6.07) is 7.78. The molecule has 0 fully saturated rings. The average molecular weight is 374 g/mol. The quantitative estimate of drug-likeness (QED) is 0.344. The fraction of sp³-hybridized carbons (Fsp3) is 0.158. The van der Waals surface area contributed by atoms with E-state index in [0.717, 1.165) is 6.08 Å². The van der Waals surface area contributed by atoms with E-state index in [4.69, 9.17) is 4.74 Å². The second-order valence-corrected chi connectivity index (χ2v) is 5.54. The number of carbonyl (C=O) groups is 2. The number of phenols is 4. The molecule has 0 saturated heterocycles. The number of rotatable bonds is 6. The number of phenolic OH excluding ortho intramolecular Hbond substituents is 4. The Bertz CT molecular complexity index is 872. The molecule has 8 nitrogen and oxygen atoms in total. The van der Waals surface area contributed by atoms with Gasteiger partial charge in [-0.15, -0.1) is 0 Å². The Kier molecular flexibility index (Phi) is 6.27. The molecule has 142 valence electrons. The molecule has 0 aliphatic carbocycles. The molecule has 1 atom stereocenters. The van der Waals surface area contributed by atoms with Gasteiger partial charge in [0.15, 0.2) is 23.0 Å². The van der Waals surface area contributed by atoms with Crippen LogP contribution < -0.4 is 0 Å². The van der Waals surface area contributed by atoms with E-state index in [1.807, 2.05) is 0 Å². The summed E-state index contributed by atoms with van der Waals surface area (Å²) < 4.78 is 9.83. The van der Waals surface area contributed by atoms with Gasteiger partial charge in [0.1, 0.15) is 6.10 Å². The van der Waals surface area contributed by atoms with Crippen LogP contribution in [0.1, 0.15) is 23.7 Å². The van der Waals surface area contributed by atoms with Crippen molar-refractivity contribution in [3.05, 3.63) is 53.6 Å². The first-order valence-electron chi connectivity index (χ1n) is 7.79. The summed E-state index contributed by atoms with van der Waals surface area (Å²) in [6.07, 6.45) is 1.09. The summed E-state index contributed by atoms with van der Waals surface area (Å²) in [7, 11) is 1.19. The fourth-order valence-electron chi connectivity index (χ4n) is 2.19. The Morgan fingerprint density at radius 2 is 1.59 bits per heavy atom. The highest BCUT2D eigenvalue weighted by Gasteiger charge is 2.21. The molecule has 0 unspecified atom stereocenters. The number of hydrogen-bond donors (Lipinski definition) is 4. The van der Waals surface area contributed by atoms with Gasteiger partial charge < -0.3 is 29.9 Å². The van der Waals surface area contributed by atoms with Crippen LogP contribution in [0.3, 0.4) is 0 Å². The minimum atomic E-state index is -1.05. The number of hydrogen-bond acceptors (Lipinski definition) is 8. The summed E-state index contributed by atoms with van der Waals surface area (Å²) >= 11 is 0. The molecule has 0 aliphatic rings. The molecule has 0 aliphatic heterocycles. The zero-order chi connectivity index (χ0) is 20.0. The van der Waals surface area contributed by atoms with Crippen molar-refractivity contribution >= 4 is 18.0 Å². The minimum Gasteiger partial charge on any atom is -0.504 e. The Morgan fingerprint density at radius 1 is 0.963 bits per heavy atom. The van der Waals surface area contributed by atoms with Crippen molar-refractivity contribution in [1.29, 1.82) is 0 Å². The van der Waals surface area contributed by atoms with Gasteiger partial charge in [0.25, 0.3) is 0 Å². The van der Waals surface area contributed by atoms with Crippen LogP contribution >= 0.6 is 0 Å². The Balaban J connectivity index is 2.16. The number of esters is 2. The molecule has 2 aromatic carbocycles. The lowest BCUT2D eigenvalue weighted by molar-refractivity contribution is -0.150. The Hall–Kier alpha value is -3.68. The standard InChI is InChI=1S/C19H18O8/c1-26-19(25)10-17(12-4-6-14(21)16(23)9-12)27-18(24)7-3-11-2-5-13(20)15(22)8-11/h2-9,17,20-23H,10H2,1H3/t17-/m0/s1. The van der Waals surface area contributed by atoms with Gasteiger partial charge in [-0.25, -0.2) is 4.79 Å². The van der Waals surface area contributed by atoms with Crippen LogP contribution in [0.15, 0.2) is 42.5 Å². The van der Waals surface area contributed by atoms with E-state index in [2.05, 4.69) is 4.74 Å². The van der Waals surface area contributed by atoms with Gasteiger partial charge in [0.2, 0.25) is 0 Å². The molecule has 0 saturated carbocycles. The maximum atomic E-state index is 12.1. The van der Waals surface area contributed by atoms with E-state index in [1.54, 1.807) is 0 Å². The fourth-order valence-corrected chi connectivity index (χ4v) is 2.19. The van der Waals surface area contributed by atoms with Crippen LogP contribution in [0.5, 0.6) is 23.0 Å². The third-order valence-corrected chi connectivity index (χ3v) is 3.62. The van der Waals surface area contributed by atoms with E-state index in [-0.39, 0.29) is 23.7 Å². The molecule has 0 heterocycles. The van der Waals surface area contributed by atoms with Crippen molar-refractivity contribution in [3.63, 3.8) is 0 Å². The normalized spacial score (nSPS) is 11.9. The van der Waals surface area contributed by atoms with Gasteiger partial charge in [-0.1, -0.05) is 12.1 Å². The van der Waals surface area contributed by atoms with Crippen molar-refractivity contribution in [1.82, 2.24) is 0 Å². The number of carbonyl (C=O) groups excluding carboxylic acids is 2. The third kappa shape index (κ3) is 5.40. The third-order valence-electron chi connectivity index (χ3n) is 3.62. The summed E-state index contributed by atoms with van der Waals surface area (Å²) in [6.45, 7) is 0. The summed E-state index contributed by atoms with van der Waals surface area (Å²) in [5.41, 5.74) is 0.730. The van der Waals surface area contributed by atoms with Gasteiger partial charge in [-0.05, 0) is 41.5 Å². The predicted molar refractivity (Wildman–Crippen MR) is 94.0 cm³/mol. The maximum Gasteiger partial charge on any atom is 0.331 e. The molecule has 2 aromatic rings. The zero-order valence-electron chi connectivity index (χ0n) is 14.3. The molecule has 27 heavy (non-hydrogen) atoms. The lowest BCUT2D eigenvalue weighted by atomic mass is 10.1. The lowest BCUT2D eigenvalue weighted by Gasteiger charge is -2.17. The molecule has 0 bridgehead atoms. The van der Waals surface area contributed by atoms with Crippen LogP contribution in [-0.2, 0) is 19.1 Å². The number of ether oxygens (including phenoxy) is 2. The van der Waals surface area contributed by atoms with E-state index >= 15 is 0 Å². The molecule has 2 rings (SSSR count). The molecule has 0 aromatic heterocycles. The smallest absolute Gasteiger partial charge is 0.331 e. The van der Waals surface area contributed by atoms with E-state index < -0.39 is 23.8 Å². The van der Waals surface area contributed by atoms with Crippen molar-refractivity contribution in [3.8, 4) is 23.0 Å². The van der Waals surface area contributed by atoms with E-state index in [9.17, 15) is 30.0 Å². The molecule has 0 amide bonds. The van der Waals surface area contributed by atoms with E-state index in [0.29, 0.717) is 11.1 Å². The van der Waals surface area contributed by atoms with Crippen LogP contribution in [0.25, 0.3) is 6.08 Å². The highest BCUT2D eigenvalue weighted by molar-refractivity contribution is 5.87. The molecule has 8 heteroatoms.